The van der Waals surface area contributed by atoms with Gasteiger partial charge in [-0.25, -0.2) is 0 Å². The summed E-state index contributed by atoms with van der Waals surface area (Å²) >= 11 is 2.71. The minimum Gasteiger partial charge on any atom is -0.373 e. The molecule has 1 N–H and O–H groups in total. The van der Waals surface area contributed by atoms with Crippen LogP contribution in [0.1, 0.15) is 0 Å². The van der Waals surface area contributed by atoms with Crippen LogP contribution in [0.2, 0.25) is 0 Å². The summed E-state index contributed by atoms with van der Waals surface area (Å²) in [5, 5.41) is 26.1. The van der Waals surface area contributed by atoms with Gasteiger partial charge in [0.2, 0.25) is 0 Å². The van der Waals surface area contributed by atoms with Crippen molar-refractivity contribution in [3.63, 3.8) is 0 Å². The molecule has 0 aromatic heterocycles. The number of aliphatic hydroxyl groups excluding tert-OH is 1. The number of hydrogen-bond donors (Lipinski definition) is 1. The van der Waals surface area contributed by atoms with Crippen LogP contribution >= 0.6 is 23.5 Å². The number of thioether (sulfide) groups is 2. The second-order valence-electron chi connectivity index (χ2n) is 1.75. The van der Waals surface area contributed by atoms with Crippen LogP contribution in [-0.4, -0.2) is 23.7 Å². The first-order valence-electron chi connectivity index (χ1n) is 3.01. The molecule has 0 fully saturated rings. The van der Waals surface area contributed by atoms with Gasteiger partial charge in [0.1, 0.15) is 6.07 Å². The van der Waals surface area contributed by atoms with Gasteiger partial charge in [-0.15, -0.1) is 23.5 Å². The van der Waals surface area contributed by atoms with Crippen LogP contribution in [0.15, 0.2) is 9.81 Å². The summed E-state index contributed by atoms with van der Waals surface area (Å²) < 4.78 is 0.687. The normalized spacial score (nSPS) is 11.1. The Bertz CT molecular complexity index is 256. The predicted molar refractivity (Wildman–Crippen MR) is 51.3 cm³/mol. The van der Waals surface area contributed by atoms with Gasteiger partial charge >= 0.3 is 0 Å². The number of nitriles is 2. The minimum atomic E-state index is -1.30. The average molecular weight is 200 g/mol. The van der Waals surface area contributed by atoms with E-state index >= 15 is 0 Å². The van der Waals surface area contributed by atoms with Gasteiger partial charge in [-0.3, -0.25) is 0 Å². The molecule has 0 amide bonds. The maximum Gasteiger partial charge on any atom is 0.177 e. The molecule has 0 aliphatic heterocycles. The van der Waals surface area contributed by atoms with Crippen LogP contribution in [0, 0.1) is 22.7 Å². The van der Waals surface area contributed by atoms with Crippen LogP contribution in [-0.2, 0) is 0 Å². The molecule has 0 saturated carbocycles. The van der Waals surface area contributed by atoms with Crippen molar-refractivity contribution in [3.8, 4) is 12.1 Å². The third kappa shape index (κ3) is 2.78. The van der Waals surface area contributed by atoms with Crippen molar-refractivity contribution < 1.29 is 5.11 Å². The van der Waals surface area contributed by atoms with E-state index in [0.29, 0.717) is 4.24 Å². The summed E-state index contributed by atoms with van der Waals surface area (Å²) in [5.41, 5.74) is 0.137. The first kappa shape index (κ1) is 11.4. The van der Waals surface area contributed by atoms with Gasteiger partial charge < -0.3 is 5.11 Å². The molecule has 0 bridgehead atoms. The van der Waals surface area contributed by atoms with Crippen molar-refractivity contribution >= 4 is 23.5 Å². The highest BCUT2D eigenvalue weighted by molar-refractivity contribution is 8.21. The summed E-state index contributed by atoms with van der Waals surface area (Å²) in [5.74, 6) is 0. The number of hydrogen-bond acceptors (Lipinski definition) is 5. The fourth-order valence-corrected chi connectivity index (χ4v) is 2.01. The highest BCUT2D eigenvalue weighted by Crippen LogP contribution is 2.28. The second-order valence-corrected chi connectivity index (χ2v) is 3.64. The van der Waals surface area contributed by atoms with Crippen molar-refractivity contribution in [3.05, 3.63) is 9.81 Å². The van der Waals surface area contributed by atoms with E-state index in [0.717, 1.165) is 0 Å². The number of aliphatic hydroxyl groups is 1. The van der Waals surface area contributed by atoms with Gasteiger partial charge in [-0.2, -0.15) is 10.5 Å². The molecule has 0 aliphatic rings. The summed E-state index contributed by atoms with van der Waals surface area (Å²) in [6.07, 6.45) is 2.30. The molecule has 12 heavy (non-hydrogen) atoms. The zero-order valence-corrected chi connectivity index (χ0v) is 8.37. The molecule has 0 aromatic rings. The topological polar surface area (TPSA) is 67.8 Å². The second kappa shape index (κ2) is 5.96. The highest BCUT2D eigenvalue weighted by atomic mass is 32.2. The maximum atomic E-state index is 9.08. The molecule has 0 aliphatic carbocycles. The Morgan fingerprint density at radius 2 is 1.83 bits per heavy atom. The number of rotatable bonds is 3. The fraction of sp³-hybridized carbons (Fsp3) is 0.429. The van der Waals surface area contributed by atoms with Gasteiger partial charge in [-0.05, 0) is 12.5 Å². The van der Waals surface area contributed by atoms with Crippen molar-refractivity contribution in [2.75, 3.05) is 12.5 Å². The van der Waals surface area contributed by atoms with Crippen molar-refractivity contribution in [2.24, 2.45) is 0 Å². The molecule has 0 radical (unpaired) electrons. The van der Waals surface area contributed by atoms with E-state index < -0.39 is 6.10 Å². The Kier molecular flexibility index (Phi) is 5.65. The van der Waals surface area contributed by atoms with Gasteiger partial charge in [0, 0.05) is 0 Å². The summed E-state index contributed by atoms with van der Waals surface area (Å²) in [7, 11) is 0. The molecule has 3 nitrogen and oxygen atoms in total. The Labute approximate surface area is 80.1 Å². The quantitative estimate of drug-likeness (QED) is 0.550. The lowest BCUT2D eigenvalue weighted by Crippen LogP contribution is -2.06. The van der Waals surface area contributed by atoms with Gasteiger partial charge in [-0.1, -0.05) is 0 Å². The molecule has 0 spiro atoms. The van der Waals surface area contributed by atoms with E-state index in [2.05, 4.69) is 0 Å². The summed E-state index contributed by atoms with van der Waals surface area (Å²) in [6.45, 7) is 0. The Hall–Kier alpha value is -0.620. The summed E-state index contributed by atoms with van der Waals surface area (Å²) in [6, 6.07) is 3.43. The van der Waals surface area contributed by atoms with Crippen LogP contribution in [0.3, 0.4) is 0 Å². The SMILES string of the molecule is CSC(SC)=C(C#N)C(O)C#N. The van der Waals surface area contributed by atoms with Crippen LogP contribution in [0.4, 0.5) is 0 Å². The molecule has 0 aromatic carbocycles. The molecule has 1 atom stereocenters. The lowest BCUT2D eigenvalue weighted by molar-refractivity contribution is 0.271. The Morgan fingerprint density at radius 1 is 1.33 bits per heavy atom. The molecular weight excluding hydrogens is 192 g/mol. The third-order valence-corrected chi connectivity index (χ3v) is 3.29. The van der Waals surface area contributed by atoms with Gasteiger partial charge in [0.05, 0.1) is 15.9 Å². The van der Waals surface area contributed by atoms with E-state index in [4.69, 9.17) is 15.6 Å². The van der Waals surface area contributed by atoms with Crippen LogP contribution < -0.4 is 0 Å². The maximum absolute atomic E-state index is 9.08. The largest absolute Gasteiger partial charge is 0.373 e. The molecule has 0 saturated heterocycles. The van der Waals surface area contributed by atoms with E-state index in [-0.39, 0.29) is 5.57 Å². The van der Waals surface area contributed by atoms with E-state index in [1.165, 1.54) is 23.5 Å². The van der Waals surface area contributed by atoms with Gasteiger partial charge in [0.15, 0.2) is 6.10 Å². The van der Waals surface area contributed by atoms with Crippen molar-refractivity contribution in [1.29, 1.82) is 10.5 Å². The lowest BCUT2D eigenvalue weighted by atomic mass is 10.2. The van der Waals surface area contributed by atoms with Crippen LogP contribution in [0.25, 0.3) is 0 Å². The van der Waals surface area contributed by atoms with E-state index in [9.17, 15) is 0 Å². The monoisotopic (exact) mass is 200 g/mol. The molecule has 1 unspecified atom stereocenters. The Morgan fingerprint density at radius 3 is 2.08 bits per heavy atom. The average Bonchev–Trinajstić information content (AvgIpc) is 2.12. The first-order valence-corrected chi connectivity index (χ1v) is 5.46. The standard InChI is InChI=1S/C7H8N2OS2/c1-11-7(12-2)5(3-8)6(10)4-9/h6,10H,1-2H3. The summed E-state index contributed by atoms with van der Waals surface area (Å²) in [4.78, 5) is 0. The van der Waals surface area contributed by atoms with E-state index in [1.54, 1.807) is 18.6 Å². The third-order valence-electron chi connectivity index (χ3n) is 1.11. The smallest absolute Gasteiger partial charge is 0.177 e. The van der Waals surface area contributed by atoms with Crippen molar-refractivity contribution in [1.82, 2.24) is 0 Å². The van der Waals surface area contributed by atoms with E-state index in [1.807, 2.05) is 6.07 Å². The highest BCUT2D eigenvalue weighted by Gasteiger charge is 2.13. The molecule has 64 valence electrons. The fourth-order valence-electron chi connectivity index (χ4n) is 0.586. The molecule has 0 heterocycles. The van der Waals surface area contributed by atoms with Crippen molar-refractivity contribution in [2.45, 2.75) is 6.10 Å². The first-order chi connectivity index (χ1) is 5.71. The molecule has 0 rings (SSSR count). The zero-order valence-electron chi connectivity index (χ0n) is 6.74. The predicted octanol–water partition coefficient (Wildman–Crippen LogP) is 1.33. The van der Waals surface area contributed by atoms with Crippen LogP contribution in [0.5, 0.6) is 0 Å². The van der Waals surface area contributed by atoms with Gasteiger partial charge in [0.25, 0.3) is 0 Å². The number of nitrogens with zero attached hydrogens (tertiary/aromatic N) is 2. The zero-order chi connectivity index (χ0) is 9.56. The lowest BCUT2D eigenvalue weighted by Gasteiger charge is -2.04. The molecule has 5 heteroatoms. The Balaban J connectivity index is 4.88. The minimum absolute atomic E-state index is 0.137. The molecular formula is C7H8N2OS2.